The fourth-order valence-corrected chi connectivity index (χ4v) is 3.71. The maximum Gasteiger partial charge on any atom is 0.223 e. The third kappa shape index (κ3) is 5.48. The van der Waals surface area contributed by atoms with Gasteiger partial charge in [0.25, 0.3) is 0 Å². The van der Waals surface area contributed by atoms with Crippen LogP contribution < -0.4 is 10.2 Å². The maximum absolute atomic E-state index is 12.2. The SMILES string of the molecule is CN(C)c1ccccc1C#CCNC(=O)C1CCN(S(C)(=O)=O)CC1. The quantitative estimate of drug-likeness (QED) is 0.807. The van der Waals surface area contributed by atoms with Crippen LogP contribution in [0.1, 0.15) is 18.4 Å². The normalized spacial score (nSPS) is 16.0. The van der Waals surface area contributed by atoms with Crippen molar-refractivity contribution in [2.45, 2.75) is 12.8 Å². The van der Waals surface area contributed by atoms with Crippen molar-refractivity contribution in [3.05, 3.63) is 29.8 Å². The first kappa shape index (κ1) is 19.3. The molecule has 1 N–H and O–H groups in total. The van der Waals surface area contributed by atoms with Crippen molar-refractivity contribution in [3.8, 4) is 11.8 Å². The van der Waals surface area contributed by atoms with E-state index in [1.807, 2.05) is 43.3 Å². The Morgan fingerprint density at radius 3 is 2.52 bits per heavy atom. The van der Waals surface area contributed by atoms with Crippen LogP contribution >= 0.6 is 0 Å². The van der Waals surface area contributed by atoms with Crippen LogP contribution in [0.2, 0.25) is 0 Å². The Labute approximate surface area is 150 Å². The van der Waals surface area contributed by atoms with Crippen molar-refractivity contribution < 1.29 is 13.2 Å². The summed E-state index contributed by atoms with van der Waals surface area (Å²) in [5.41, 5.74) is 1.96. The summed E-state index contributed by atoms with van der Waals surface area (Å²) in [4.78, 5) is 14.2. The number of anilines is 1. The molecular weight excluding hydrogens is 338 g/mol. The van der Waals surface area contributed by atoms with Crippen molar-refractivity contribution in [3.63, 3.8) is 0 Å². The Kier molecular flexibility index (Phi) is 6.45. The van der Waals surface area contributed by atoms with E-state index >= 15 is 0 Å². The number of para-hydroxylation sites is 1. The molecule has 1 heterocycles. The summed E-state index contributed by atoms with van der Waals surface area (Å²) in [7, 11) is 0.764. The molecule has 1 aromatic rings. The summed E-state index contributed by atoms with van der Waals surface area (Å²) in [6.07, 6.45) is 2.31. The molecule has 0 bridgehead atoms. The average molecular weight is 363 g/mol. The van der Waals surface area contributed by atoms with E-state index in [0.717, 1.165) is 11.3 Å². The van der Waals surface area contributed by atoms with Crippen LogP contribution in [0.3, 0.4) is 0 Å². The van der Waals surface area contributed by atoms with Gasteiger partial charge >= 0.3 is 0 Å². The lowest BCUT2D eigenvalue weighted by Crippen LogP contribution is -2.42. The Balaban J connectivity index is 1.85. The number of sulfonamides is 1. The van der Waals surface area contributed by atoms with Crippen LogP contribution in [0.5, 0.6) is 0 Å². The highest BCUT2D eigenvalue weighted by Crippen LogP contribution is 2.19. The number of amides is 1. The van der Waals surface area contributed by atoms with Crippen LogP contribution in [-0.2, 0) is 14.8 Å². The summed E-state index contributed by atoms with van der Waals surface area (Å²) in [6.45, 7) is 1.09. The van der Waals surface area contributed by atoms with Crippen LogP contribution in [0.15, 0.2) is 24.3 Å². The number of benzene rings is 1. The van der Waals surface area contributed by atoms with E-state index in [1.54, 1.807) is 0 Å². The van der Waals surface area contributed by atoms with E-state index in [9.17, 15) is 13.2 Å². The van der Waals surface area contributed by atoms with Gasteiger partial charge < -0.3 is 10.2 Å². The monoisotopic (exact) mass is 363 g/mol. The van der Waals surface area contributed by atoms with Crippen molar-refractivity contribution in [2.24, 2.45) is 5.92 Å². The highest BCUT2D eigenvalue weighted by atomic mass is 32.2. The van der Waals surface area contributed by atoms with Gasteiger partial charge in [-0.05, 0) is 25.0 Å². The minimum absolute atomic E-state index is 0.0525. The first-order chi connectivity index (χ1) is 11.8. The molecule has 0 unspecified atom stereocenters. The number of hydrogen-bond acceptors (Lipinski definition) is 4. The summed E-state index contributed by atoms with van der Waals surface area (Å²) < 4.78 is 24.4. The summed E-state index contributed by atoms with van der Waals surface area (Å²) in [5, 5.41) is 2.83. The number of nitrogens with zero attached hydrogens (tertiary/aromatic N) is 2. The summed E-state index contributed by atoms with van der Waals surface area (Å²) in [5.74, 6) is 5.87. The minimum atomic E-state index is -3.16. The van der Waals surface area contributed by atoms with Crippen LogP contribution in [0.4, 0.5) is 5.69 Å². The Morgan fingerprint density at radius 1 is 1.28 bits per heavy atom. The van der Waals surface area contributed by atoms with Crippen LogP contribution in [0.25, 0.3) is 0 Å². The third-order valence-corrected chi connectivity index (χ3v) is 5.56. The lowest BCUT2D eigenvalue weighted by Gasteiger charge is -2.29. The molecule has 7 heteroatoms. The number of nitrogens with one attached hydrogen (secondary N) is 1. The highest BCUT2D eigenvalue weighted by Gasteiger charge is 2.28. The molecule has 0 saturated carbocycles. The second kappa shape index (κ2) is 8.37. The Hall–Kier alpha value is -2.04. The van der Waals surface area contributed by atoms with Crippen LogP contribution in [-0.4, -0.2) is 58.6 Å². The molecule has 0 atom stereocenters. The molecule has 0 aliphatic carbocycles. The molecule has 25 heavy (non-hydrogen) atoms. The van der Waals surface area contributed by atoms with Crippen molar-refractivity contribution in [1.82, 2.24) is 9.62 Å². The molecule has 1 fully saturated rings. The second-order valence-electron chi connectivity index (χ2n) is 6.37. The predicted octanol–water partition coefficient (Wildman–Crippen LogP) is 0.892. The van der Waals surface area contributed by atoms with E-state index in [0.29, 0.717) is 25.9 Å². The van der Waals surface area contributed by atoms with E-state index in [2.05, 4.69) is 17.2 Å². The Bertz CT molecular complexity index is 770. The fourth-order valence-electron chi connectivity index (χ4n) is 2.83. The molecular formula is C18H25N3O3S. The van der Waals surface area contributed by atoms with Gasteiger partial charge in [0, 0.05) is 38.7 Å². The molecule has 6 nitrogen and oxygen atoms in total. The van der Waals surface area contributed by atoms with E-state index < -0.39 is 10.0 Å². The fraction of sp³-hybridized carbons (Fsp3) is 0.500. The van der Waals surface area contributed by atoms with Crippen molar-refractivity contribution in [1.29, 1.82) is 0 Å². The first-order valence-electron chi connectivity index (χ1n) is 8.27. The molecule has 0 radical (unpaired) electrons. The van der Waals surface area contributed by atoms with Gasteiger partial charge in [0.15, 0.2) is 0 Å². The van der Waals surface area contributed by atoms with Crippen molar-refractivity contribution >= 4 is 21.6 Å². The van der Waals surface area contributed by atoms with Gasteiger partial charge in [-0.2, -0.15) is 0 Å². The lowest BCUT2D eigenvalue weighted by atomic mass is 9.97. The maximum atomic E-state index is 12.2. The van der Waals surface area contributed by atoms with Gasteiger partial charge in [0.2, 0.25) is 15.9 Å². The molecule has 1 aliphatic heterocycles. The molecule has 1 aromatic carbocycles. The number of carbonyl (C=O) groups is 1. The van der Waals surface area contributed by atoms with Gasteiger partial charge in [-0.3, -0.25) is 4.79 Å². The van der Waals surface area contributed by atoms with E-state index in [-0.39, 0.29) is 18.4 Å². The van der Waals surface area contributed by atoms with E-state index in [1.165, 1.54) is 10.6 Å². The molecule has 1 saturated heterocycles. The number of hydrogen-bond donors (Lipinski definition) is 1. The van der Waals surface area contributed by atoms with Gasteiger partial charge in [-0.25, -0.2) is 12.7 Å². The number of rotatable bonds is 4. The zero-order valence-corrected chi connectivity index (χ0v) is 15.8. The molecule has 1 aliphatic rings. The molecule has 136 valence electrons. The molecule has 2 rings (SSSR count). The molecule has 0 aromatic heterocycles. The Morgan fingerprint density at radius 2 is 1.92 bits per heavy atom. The van der Waals surface area contributed by atoms with Gasteiger partial charge in [0.05, 0.1) is 18.5 Å². The second-order valence-corrected chi connectivity index (χ2v) is 8.35. The highest BCUT2D eigenvalue weighted by molar-refractivity contribution is 7.88. The van der Waals surface area contributed by atoms with Gasteiger partial charge in [-0.15, -0.1) is 0 Å². The van der Waals surface area contributed by atoms with Gasteiger partial charge in [-0.1, -0.05) is 24.0 Å². The number of piperidine rings is 1. The molecule has 1 amide bonds. The predicted molar refractivity (Wildman–Crippen MR) is 99.8 cm³/mol. The first-order valence-corrected chi connectivity index (χ1v) is 10.1. The summed E-state index contributed by atoms with van der Waals surface area (Å²) in [6, 6.07) is 7.85. The smallest absolute Gasteiger partial charge is 0.223 e. The number of carbonyl (C=O) groups excluding carboxylic acids is 1. The lowest BCUT2D eigenvalue weighted by molar-refractivity contribution is -0.125. The van der Waals surface area contributed by atoms with E-state index in [4.69, 9.17) is 0 Å². The third-order valence-electron chi connectivity index (χ3n) is 4.25. The summed E-state index contributed by atoms with van der Waals surface area (Å²) >= 11 is 0. The van der Waals surface area contributed by atoms with Crippen molar-refractivity contribution in [2.75, 3.05) is 44.9 Å². The standard InChI is InChI=1S/C18H25N3O3S/c1-20(2)17-9-5-4-7-15(17)8-6-12-19-18(22)16-10-13-21(14-11-16)25(3,23)24/h4-5,7,9,16H,10-14H2,1-3H3,(H,19,22). The van der Waals surface area contributed by atoms with Crippen LogP contribution in [0, 0.1) is 17.8 Å². The zero-order chi connectivity index (χ0) is 18.4. The topological polar surface area (TPSA) is 69.7 Å². The average Bonchev–Trinajstić information content (AvgIpc) is 2.58. The largest absolute Gasteiger partial charge is 0.377 e. The minimum Gasteiger partial charge on any atom is -0.377 e. The zero-order valence-electron chi connectivity index (χ0n) is 14.9. The van der Waals surface area contributed by atoms with Gasteiger partial charge in [0.1, 0.15) is 0 Å². The molecule has 0 spiro atoms.